The number of nitrogens with one attached hydrogen (secondary N) is 2. The summed E-state index contributed by atoms with van der Waals surface area (Å²) in [7, 11) is 0. The summed E-state index contributed by atoms with van der Waals surface area (Å²) >= 11 is 0. The molecular weight excluding hydrogens is 481 g/mol. The van der Waals surface area contributed by atoms with Gasteiger partial charge in [0.05, 0.1) is 13.2 Å². The Morgan fingerprint density at radius 1 is 1.21 bits per heavy atom. The second-order valence-corrected chi connectivity index (χ2v) is 7.15. The van der Waals surface area contributed by atoms with E-state index in [2.05, 4.69) is 42.7 Å². The maximum Gasteiger partial charge on any atom is 0.191 e. The smallest absolute Gasteiger partial charge is 0.191 e. The molecule has 2 N–H and O–H groups in total. The van der Waals surface area contributed by atoms with E-state index in [4.69, 9.17) is 19.2 Å². The number of aliphatic imine (C=N–C) groups is 1. The average Bonchev–Trinajstić information content (AvgIpc) is 2.70. The minimum Gasteiger partial charge on any atom is -0.494 e. The third kappa shape index (κ3) is 10.5. The van der Waals surface area contributed by atoms with Crippen LogP contribution in [-0.4, -0.2) is 52.1 Å². The fourth-order valence-corrected chi connectivity index (χ4v) is 3.13. The van der Waals surface area contributed by atoms with E-state index in [1.165, 1.54) is 5.56 Å². The normalized spacial score (nSPS) is 14.9. The Morgan fingerprint density at radius 2 is 2.00 bits per heavy atom. The van der Waals surface area contributed by atoms with Gasteiger partial charge in [-0.25, -0.2) is 4.99 Å². The summed E-state index contributed by atoms with van der Waals surface area (Å²) < 4.78 is 17.0. The number of rotatable bonds is 11. The van der Waals surface area contributed by atoms with Crippen LogP contribution >= 0.6 is 24.0 Å². The van der Waals surface area contributed by atoms with Crippen molar-refractivity contribution in [3.63, 3.8) is 0 Å². The summed E-state index contributed by atoms with van der Waals surface area (Å²) in [6, 6.07) is 6.27. The van der Waals surface area contributed by atoms with E-state index in [9.17, 15) is 0 Å². The molecule has 7 heteroatoms. The molecule has 1 saturated heterocycles. The van der Waals surface area contributed by atoms with Gasteiger partial charge in [-0.3, -0.25) is 0 Å². The first kappa shape index (κ1) is 26.0. The van der Waals surface area contributed by atoms with Crippen LogP contribution < -0.4 is 15.4 Å². The van der Waals surface area contributed by atoms with Crippen LogP contribution in [0.25, 0.3) is 0 Å². The third-order valence-electron chi connectivity index (χ3n) is 4.73. The molecule has 0 spiro atoms. The van der Waals surface area contributed by atoms with Gasteiger partial charge < -0.3 is 24.8 Å². The number of hydrogen-bond acceptors (Lipinski definition) is 4. The average molecular weight is 519 g/mol. The minimum absolute atomic E-state index is 0. The van der Waals surface area contributed by atoms with Gasteiger partial charge in [-0.1, -0.05) is 12.1 Å². The van der Waals surface area contributed by atoms with E-state index in [-0.39, 0.29) is 24.0 Å². The fourth-order valence-electron chi connectivity index (χ4n) is 3.13. The first-order valence-corrected chi connectivity index (χ1v) is 10.6. The number of hydrogen-bond donors (Lipinski definition) is 2. The van der Waals surface area contributed by atoms with Crippen LogP contribution in [0.4, 0.5) is 0 Å². The lowest BCUT2D eigenvalue weighted by atomic mass is 10.0. The molecule has 0 atom stereocenters. The highest BCUT2D eigenvalue weighted by Gasteiger charge is 2.13. The molecule has 29 heavy (non-hydrogen) atoms. The molecule has 1 aliphatic heterocycles. The number of guanidine groups is 1. The highest BCUT2D eigenvalue weighted by Crippen LogP contribution is 2.21. The van der Waals surface area contributed by atoms with Gasteiger partial charge >= 0.3 is 0 Å². The van der Waals surface area contributed by atoms with Gasteiger partial charge in [-0.05, 0) is 57.6 Å². The van der Waals surface area contributed by atoms with Crippen molar-refractivity contribution in [1.82, 2.24) is 10.6 Å². The molecule has 6 nitrogen and oxygen atoms in total. The quantitative estimate of drug-likeness (QED) is 0.201. The fraction of sp³-hybridized carbons (Fsp3) is 0.682. The van der Waals surface area contributed by atoms with Crippen molar-refractivity contribution in [2.45, 2.75) is 46.6 Å². The van der Waals surface area contributed by atoms with Gasteiger partial charge in [0.15, 0.2) is 5.96 Å². The van der Waals surface area contributed by atoms with Crippen LogP contribution in [-0.2, 0) is 16.0 Å². The molecule has 0 saturated carbocycles. The molecule has 1 fully saturated rings. The van der Waals surface area contributed by atoms with Gasteiger partial charge in [0.1, 0.15) is 5.75 Å². The van der Waals surface area contributed by atoms with Crippen molar-refractivity contribution in [2.24, 2.45) is 10.9 Å². The Balaban J connectivity index is 0.00000420. The standard InChI is InChI=1S/C22H37N3O3.HI/c1-4-23-22(24-11-6-12-27-17-19-9-13-26-14-10-19)25-16-20-8-7-18(3)15-21(20)28-5-2;/h7-8,15,19H,4-6,9-14,16-17H2,1-3H3,(H2,23,24,25);1H. The zero-order valence-corrected chi connectivity index (χ0v) is 20.5. The minimum atomic E-state index is 0. The number of nitrogens with zero attached hydrogens (tertiary/aromatic N) is 1. The van der Waals surface area contributed by atoms with Crippen LogP contribution in [0.3, 0.4) is 0 Å². The summed E-state index contributed by atoms with van der Waals surface area (Å²) in [4.78, 5) is 4.71. The lowest BCUT2D eigenvalue weighted by molar-refractivity contribution is 0.0203. The largest absolute Gasteiger partial charge is 0.494 e. The predicted octanol–water partition coefficient (Wildman–Crippen LogP) is 3.90. The van der Waals surface area contributed by atoms with Crippen molar-refractivity contribution in [1.29, 1.82) is 0 Å². The number of benzene rings is 1. The van der Waals surface area contributed by atoms with Gasteiger partial charge in [-0.2, -0.15) is 0 Å². The molecular formula is C22H38IN3O3. The zero-order valence-electron chi connectivity index (χ0n) is 18.2. The monoisotopic (exact) mass is 519 g/mol. The Labute approximate surface area is 193 Å². The second kappa shape index (κ2) is 15.7. The van der Waals surface area contributed by atoms with E-state index in [0.29, 0.717) is 19.1 Å². The van der Waals surface area contributed by atoms with E-state index in [0.717, 1.165) is 76.1 Å². The van der Waals surface area contributed by atoms with Crippen LogP contribution in [0.1, 0.15) is 44.2 Å². The molecule has 1 aromatic carbocycles. The van der Waals surface area contributed by atoms with Gasteiger partial charge in [0, 0.05) is 45.1 Å². The predicted molar refractivity (Wildman–Crippen MR) is 130 cm³/mol. The first-order chi connectivity index (χ1) is 13.7. The highest BCUT2D eigenvalue weighted by molar-refractivity contribution is 14.0. The third-order valence-corrected chi connectivity index (χ3v) is 4.73. The van der Waals surface area contributed by atoms with Crippen LogP contribution in [0, 0.1) is 12.8 Å². The van der Waals surface area contributed by atoms with Crippen molar-refractivity contribution < 1.29 is 14.2 Å². The molecule has 0 aromatic heterocycles. The molecule has 1 aromatic rings. The lowest BCUT2D eigenvalue weighted by Gasteiger charge is -2.21. The SMILES string of the molecule is CCNC(=NCc1ccc(C)cc1OCC)NCCCOCC1CCOCC1.I. The number of halogens is 1. The van der Waals surface area contributed by atoms with E-state index in [1.807, 2.05) is 6.92 Å². The Hall–Kier alpha value is -1.06. The lowest BCUT2D eigenvalue weighted by Crippen LogP contribution is -2.38. The Morgan fingerprint density at radius 3 is 2.72 bits per heavy atom. The molecule has 166 valence electrons. The molecule has 1 aliphatic rings. The van der Waals surface area contributed by atoms with Gasteiger partial charge in [-0.15, -0.1) is 24.0 Å². The molecule has 0 bridgehead atoms. The summed E-state index contributed by atoms with van der Waals surface area (Å²) in [5.74, 6) is 2.41. The van der Waals surface area contributed by atoms with Gasteiger partial charge in [0.25, 0.3) is 0 Å². The second-order valence-electron chi connectivity index (χ2n) is 7.15. The van der Waals surface area contributed by atoms with Crippen molar-refractivity contribution in [3.8, 4) is 5.75 Å². The van der Waals surface area contributed by atoms with Crippen molar-refractivity contribution in [3.05, 3.63) is 29.3 Å². The summed E-state index contributed by atoms with van der Waals surface area (Å²) in [6.45, 7) is 12.5. The molecule has 1 heterocycles. The number of aryl methyl sites for hydroxylation is 1. The van der Waals surface area contributed by atoms with Crippen LogP contribution in [0.5, 0.6) is 5.75 Å². The van der Waals surface area contributed by atoms with E-state index in [1.54, 1.807) is 0 Å². The molecule has 0 radical (unpaired) electrons. The van der Waals surface area contributed by atoms with Crippen LogP contribution in [0.15, 0.2) is 23.2 Å². The summed E-state index contributed by atoms with van der Waals surface area (Å²) in [5, 5.41) is 6.69. The topological polar surface area (TPSA) is 64.1 Å². The van der Waals surface area contributed by atoms with E-state index < -0.39 is 0 Å². The zero-order chi connectivity index (χ0) is 20.0. The highest BCUT2D eigenvalue weighted by atomic mass is 127. The first-order valence-electron chi connectivity index (χ1n) is 10.6. The Kier molecular flexibility index (Phi) is 14.1. The Bertz CT molecular complexity index is 593. The molecule has 0 aliphatic carbocycles. The van der Waals surface area contributed by atoms with Gasteiger partial charge in [0.2, 0.25) is 0 Å². The molecule has 0 amide bonds. The van der Waals surface area contributed by atoms with Crippen molar-refractivity contribution >= 4 is 29.9 Å². The maximum atomic E-state index is 5.83. The maximum absolute atomic E-state index is 5.83. The summed E-state index contributed by atoms with van der Waals surface area (Å²) in [6.07, 6.45) is 3.21. The van der Waals surface area contributed by atoms with Crippen LogP contribution in [0.2, 0.25) is 0 Å². The van der Waals surface area contributed by atoms with E-state index >= 15 is 0 Å². The summed E-state index contributed by atoms with van der Waals surface area (Å²) in [5.41, 5.74) is 2.30. The molecule has 2 rings (SSSR count). The molecule has 0 unspecified atom stereocenters. The van der Waals surface area contributed by atoms with Crippen molar-refractivity contribution in [2.75, 3.05) is 46.1 Å². The number of ether oxygens (including phenoxy) is 3.